The summed E-state index contributed by atoms with van der Waals surface area (Å²) in [5.41, 5.74) is 4.26. The molecule has 3 nitrogen and oxygen atoms in total. The first-order valence-corrected chi connectivity index (χ1v) is 10.7. The van der Waals surface area contributed by atoms with Crippen LogP contribution in [0.1, 0.15) is 47.7 Å². The van der Waals surface area contributed by atoms with Gasteiger partial charge in [0.1, 0.15) is 0 Å². The Labute approximate surface area is 173 Å². The molecule has 0 bridgehead atoms. The molecule has 2 aliphatic rings. The lowest BCUT2D eigenvalue weighted by atomic mass is 9.86. The van der Waals surface area contributed by atoms with Gasteiger partial charge in [-0.15, -0.1) is 0 Å². The van der Waals surface area contributed by atoms with Gasteiger partial charge in [0.05, 0.1) is 49.2 Å². The van der Waals surface area contributed by atoms with Crippen molar-refractivity contribution < 1.29 is 9.28 Å². The highest BCUT2D eigenvalue weighted by Gasteiger charge is 2.49. The minimum atomic E-state index is 0.0307. The average molecular weight is 398 g/mol. The second kappa shape index (κ2) is 7.20. The molecule has 0 saturated carbocycles. The highest BCUT2D eigenvalue weighted by Crippen LogP contribution is 2.47. The number of hydrogen-bond donors (Lipinski definition) is 0. The number of fused-ring (bicyclic) bond motifs is 3. The van der Waals surface area contributed by atoms with Gasteiger partial charge in [0.15, 0.2) is 0 Å². The highest BCUT2D eigenvalue weighted by molar-refractivity contribution is 6.34. The predicted molar refractivity (Wildman–Crippen MR) is 116 cm³/mol. The average Bonchev–Trinajstić information content (AvgIpc) is 2.93. The van der Waals surface area contributed by atoms with Crippen LogP contribution in [0.5, 0.6) is 0 Å². The first-order valence-electron chi connectivity index (χ1n) is 10.3. The number of amides is 1. The van der Waals surface area contributed by atoms with E-state index in [0.717, 1.165) is 29.7 Å². The normalized spacial score (nSPS) is 26.3. The van der Waals surface area contributed by atoms with Crippen molar-refractivity contribution in [3.8, 4) is 0 Å². The summed E-state index contributed by atoms with van der Waals surface area (Å²) in [5.74, 6) is 1.09. The monoisotopic (exact) mass is 397 g/mol. The zero-order chi connectivity index (χ0) is 20.1. The number of aryl methyl sites for hydroxylation is 1. The molecule has 2 aromatic carbocycles. The number of carbonyl (C=O) groups excluding carboxylic acids is 1. The summed E-state index contributed by atoms with van der Waals surface area (Å²) in [6.07, 6.45) is 1.03. The lowest BCUT2D eigenvalue weighted by Gasteiger charge is -2.45. The van der Waals surface area contributed by atoms with Gasteiger partial charge in [0.2, 0.25) is 0 Å². The van der Waals surface area contributed by atoms with E-state index in [-0.39, 0.29) is 11.9 Å². The molecule has 2 aromatic rings. The third-order valence-electron chi connectivity index (χ3n) is 6.37. The van der Waals surface area contributed by atoms with Gasteiger partial charge in [0, 0.05) is 18.0 Å². The van der Waals surface area contributed by atoms with Gasteiger partial charge in [-0.3, -0.25) is 4.79 Å². The van der Waals surface area contributed by atoms with Gasteiger partial charge in [-0.1, -0.05) is 55.3 Å². The minimum absolute atomic E-state index is 0.0307. The van der Waals surface area contributed by atoms with Crippen molar-refractivity contribution in [3.63, 3.8) is 0 Å². The number of likely N-dealkylation sites (N-methyl/N-ethyl adjacent to an activating group) is 1. The van der Waals surface area contributed by atoms with Crippen LogP contribution in [-0.4, -0.2) is 43.1 Å². The number of halogens is 1. The zero-order valence-corrected chi connectivity index (χ0v) is 18.0. The maximum atomic E-state index is 13.5. The number of anilines is 1. The van der Waals surface area contributed by atoms with Crippen LogP contribution in [0.4, 0.5) is 5.69 Å². The Hall–Kier alpha value is -1.84. The standard InChI is InChI=1S/C24H30ClN2O/c1-16(2)14-27(4)12-11-23-20(15-27)19-13-17(3)9-10-22(19)26(23)24(28)18-7-5-6-8-21(18)25/h5-10,13,16,20,23H,11-12,14-15H2,1-4H3/q+1/t20-,23+,27?/m1/s1. The summed E-state index contributed by atoms with van der Waals surface area (Å²) in [4.78, 5) is 15.6. The molecule has 1 unspecified atom stereocenters. The quantitative estimate of drug-likeness (QED) is 0.646. The van der Waals surface area contributed by atoms with E-state index in [4.69, 9.17) is 11.6 Å². The summed E-state index contributed by atoms with van der Waals surface area (Å²) in [5, 5.41) is 0.529. The topological polar surface area (TPSA) is 20.3 Å². The molecule has 1 saturated heterocycles. The second-order valence-corrected chi connectivity index (χ2v) is 9.69. The highest BCUT2D eigenvalue weighted by atomic mass is 35.5. The second-order valence-electron chi connectivity index (χ2n) is 9.28. The smallest absolute Gasteiger partial charge is 0.260 e. The Balaban J connectivity index is 1.74. The summed E-state index contributed by atoms with van der Waals surface area (Å²) in [7, 11) is 2.38. The van der Waals surface area contributed by atoms with Gasteiger partial charge in [0.25, 0.3) is 5.91 Å². The molecule has 2 heterocycles. The van der Waals surface area contributed by atoms with Gasteiger partial charge in [-0.2, -0.15) is 0 Å². The molecule has 3 atom stereocenters. The lowest BCUT2D eigenvalue weighted by molar-refractivity contribution is -0.918. The molecule has 2 aliphatic heterocycles. The van der Waals surface area contributed by atoms with Crippen LogP contribution in [-0.2, 0) is 0 Å². The number of nitrogens with zero attached hydrogens (tertiary/aromatic N) is 2. The van der Waals surface area contributed by atoms with E-state index >= 15 is 0 Å². The van der Waals surface area contributed by atoms with Gasteiger partial charge < -0.3 is 9.38 Å². The van der Waals surface area contributed by atoms with Crippen molar-refractivity contribution in [2.75, 3.05) is 31.6 Å². The van der Waals surface area contributed by atoms with Gasteiger partial charge in [-0.25, -0.2) is 0 Å². The van der Waals surface area contributed by atoms with Crippen molar-refractivity contribution in [2.45, 2.75) is 39.2 Å². The molecule has 0 aliphatic carbocycles. The van der Waals surface area contributed by atoms with E-state index in [0.29, 0.717) is 22.4 Å². The third-order valence-corrected chi connectivity index (χ3v) is 6.70. The summed E-state index contributed by atoms with van der Waals surface area (Å²) >= 11 is 6.38. The van der Waals surface area contributed by atoms with Crippen LogP contribution in [0.25, 0.3) is 0 Å². The number of hydrogen-bond acceptors (Lipinski definition) is 1. The molecule has 4 heteroatoms. The molecule has 0 N–H and O–H groups in total. The van der Waals surface area contributed by atoms with E-state index in [1.807, 2.05) is 23.1 Å². The van der Waals surface area contributed by atoms with E-state index in [9.17, 15) is 4.79 Å². The van der Waals surface area contributed by atoms with Crippen LogP contribution in [0.15, 0.2) is 42.5 Å². The van der Waals surface area contributed by atoms with E-state index in [1.54, 1.807) is 6.07 Å². The van der Waals surface area contributed by atoms with Crippen molar-refractivity contribution in [3.05, 3.63) is 64.2 Å². The van der Waals surface area contributed by atoms with Crippen molar-refractivity contribution >= 4 is 23.2 Å². The SMILES string of the molecule is Cc1ccc2c(c1)[C@H]1C[N+](C)(CC(C)C)CC[C@@H]1N2C(=O)c1ccccc1Cl. The molecule has 148 valence electrons. The number of likely N-dealkylation sites (tertiary alicyclic amines) is 1. The minimum Gasteiger partial charge on any atom is -0.325 e. The fraction of sp³-hybridized carbons (Fsp3) is 0.458. The van der Waals surface area contributed by atoms with E-state index < -0.39 is 0 Å². The summed E-state index contributed by atoms with van der Waals surface area (Å²) in [6, 6.07) is 14.2. The first-order chi connectivity index (χ1) is 13.3. The molecule has 28 heavy (non-hydrogen) atoms. The summed E-state index contributed by atoms with van der Waals surface area (Å²) in [6.45, 7) is 10.1. The Morgan fingerprint density at radius 2 is 2.00 bits per heavy atom. The molecule has 1 fully saturated rings. The summed E-state index contributed by atoms with van der Waals surface area (Å²) < 4.78 is 1.08. The number of benzene rings is 2. The van der Waals surface area contributed by atoms with Crippen LogP contribution >= 0.6 is 11.6 Å². The van der Waals surface area contributed by atoms with E-state index in [1.165, 1.54) is 17.7 Å². The van der Waals surface area contributed by atoms with Crippen LogP contribution < -0.4 is 4.90 Å². The van der Waals surface area contributed by atoms with Crippen LogP contribution in [0.3, 0.4) is 0 Å². The molecular formula is C24H30ClN2O+. The Morgan fingerprint density at radius 3 is 2.71 bits per heavy atom. The molecule has 1 amide bonds. The number of rotatable bonds is 3. The number of piperidine rings is 1. The largest absolute Gasteiger partial charge is 0.325 e. The fourth-order valence-corrected chi connectivity index (χ4v) is 5.60. The fourth-order valence-electron chi connectivity index (χ4n) is 5.39. The van der Waals surface area contributed by atoms with Gasteiger partial charge in [-0.05, 0) is 30.7 Å². The maximum absolute atomic E-state index is 13.5. The van der Waals surface area contributed by atoms with E-state index in [2.05, 4.69) is 46.0 Å². The molecule has 0 spiro atoms. The van der Waals surface area contributed by atoms with Crippen molar-refractivity contribution in [1.29, 1.82) is 0 Å². The Morgan fingerprint density at radius 1 is 1.25 bits per heavy atom. The number of carbonyl (C=O) groups is 1. The molecule has 4 rings (SSSR count). The number of quaternary nitrogens is 1. The molecular weight excluding hydrogens is 368 g/mol. The maximum Gasteiger partial charge on any atom is 0.260 e. The Bertz CT molecular complexity index is 909. The van der Waals surface area contributed by atoms with Crippen LogP contribution in [0, 0.1) is 12.8 Å². The van der Waals surface area contributed by atoms with Crippen molar-refractivity contribution in [2.24, 2.45) is 5.92 Å². The molecule has 0 aromatic heterocycles. The van der Waals surface area contributed by atoms with Gasteiger partial charge >= 0.3 is 0 Å². The molecule has 0 radical (unpaired) electrons. The lowest BCUT2D eigenvalue weighted by Crippen LogP contribution is -2.57. The first kappa shape index (κ1) is 19.5. The Kier molecular flexibility index (Phi) is 5.01. The van der Waals surface area contributed by atoms with Crippen LogP contribution in [0.2, 0.25) is 5.02 Å². The predicted octanol–water partition coefficient (Wildman–Crippen LogP) is 5.27. The van der Waals surface area contributed by atoms with Crippen molar-refractivity contribution in [1.82, 2.24) is 0 Å². The zero-order valence-electron chi connectivity index (χ0n) is 17.3. The third kappa shape index (κ3) is 3.35.